The van der Waals surface area contributed by atoms with E-state index in [0.717, 1.165) is 17.9 Å². The number of hydrogen-bond donors (Lipinski definition) is 2. The summed E-state index contributed by atoms with van der Waals surface area (Å²) < 4.78 is 11.6. The maximum Gasteiger partial charge on any atom is 0.161 e. The van der Waals surface area contributed by atoms with Crippen molar-refractivity contribution in [3.05, 3.63) is 24.3 Å². The van der Waals surface area contributed by atoms with E-state index in [1.165, 1.54) is 0 Å². The molecule has 3 unspecified atom stereocenters. The molecule has 0 fully saturated rings. The van der Waals surface area contributed by atoms with E-state index in [4.69, 9.17) is 15.3 Å². The summed E-state index contributed by atoms with van der Waals surface area (Å²) in [6.45, 7) is 4.84. The first kappa shape index (κ1) is 12.2. The van der Waals surface area contributed by atoms with Crippen LogP contribution in [-0.2, 0) is 0 Å². The molecule has 94 valence electrons. The van der Waals surface area contributed by atoms with Gasteiger partial charge >= 0.3 is 0 Å². The van der Waals surface area contributed by atoms with Crippen LogP contribution in [0.3, 0.4) is 0 Å². The number of nitrogens with one attached hydrogen (secondary N) is 1. The molecule has 2 rings (SSSR count). The highest BCUT2D eigenvalue weighted by molar-refractivity contribution is 5.40. The van der Waals surface area contributed by atoms with Crippen LogP contribution in [0.5, 0.6) is 11.5 Å². The topological polar surface area (TPSA) is 56.5 Å². The molecule has 3 N–H and O–H groups in total. The first-order chi connectivity index (χ1) is 8.26. The Balaban J connectivity index is 2.10. The molecule has 0 bridgehead atoms. The van der Waals surface area contributed by atoms with Crippen LogP contribution >= 0.6 is 0 Å². The van der Waals surface area contributed by atoms with Gasteiger partial charge in [-0.3, -0.25) is 11.3 Å². The van der Waals surface area contributed by atoms with Crippen LogP contribution in [0.4, 0.5) is 0 Å². The summed E-state index contributed by atoms with van der Waals surface area (Å²) in [5, 5.41) is 0. The molecule has 1 aliphatic heterocycles. The summed E-state index contributed by atoms with van der Waals surface area (Å²) in [7, 11) is 0. The van der Waals surface area contributed by atoms with Gasteiger partial charge in [0.05, 0.1) is 6.04 Å². The number of ether oxygens (including phenoxy) is 2. The van der Waals surface area contributed by atoms with Crippen molar-refractivity contribution in [2.24, 2.45) is 11.8 Å². The van der Waals surface area contributed by atoms with Crippen molar-refractivity contribution in [2.75, 3.05) is 6.61 Å². The molecule has 1 heterocycles. The molecule has 0 aromatic heterocycles. The standard InChI is InChI=1S/C13H20N2O2/c1-3-9(2)13(15-14)12-8-16-10-6-4-5-7-11(10)17-12/h4-7,9,12-13,15H,3,8,14H2,1-2H3. The predicted molar refractivity (Wildman–Crippen MR) is 66.9 cm³/mol. The Bertz CT molecular complexity index is 370. The van der Waals surface area contributed by atoms with E-state index in [-0.39, 0.29) is 12.1 Å². The van der Waals surface area contributed by atoms with Crippen molar-refractivity contribution in [3.63, 3.8) is 0 Å². The molecule has 4 heteroatoms. The molecule has 1 aromatic rings. The lowest BCUT2D eigenvalue weighted by Gasteiger charge is -2.34. The van der Waals surface area contributed by atoms with Gasteiger partial charge in [-0.15, -0.1) is 0 Å². The number of fused-ring (bicyclic) bond motifs is 1. The Morgan fingerprint density at radius 2 is 2.12 bits per heavy atom. The Morgan fingerprint density at radius 1 is 1.41 bits per heavy atom. The summed E-state index contributed by atoms with van der Waals surface area (Å²) in [5.74, 6) is 7.67. The number of hydrazine groups is 1. The van der Waals surface area contributed by atoms with Crippen molar-refractivity contribution in [2.45, 2.75) is 32.4 Å². The summed E-state index contributed by atoms with van der Waals surface area (Å²) in [6.07, 6.45) is 1.01. The lowest BCUT2D eigenvalue weighted by Crippen LogP contribution is -2.53. The Kier molecular flexibility index (Phi) is 3.86. The van der Waals surface area contributed by atoms with Gasteiger partial charge in [0.1, 0.15) is 12.7 Å². The Morgan fingerprint density at radius 3 is 2.76 bits per heavy atom. The van der Waals surface area contributed by atoms with Gasteiger partial charge in [0.2, 0.25) is 0 Å². The molecule has 0 aliphatic carbocycles. The zero-order valence-electron chi connectivity index (χ0n) is 10.3. The van der Waals surface area contributed by atoms with Crippen molar-refractivity contribution in [1.29, 1.82) is 0 Å². The minimum atomic E-state index is -0.0372. The zero-order chi connectivity index (χ0) is 12.3. The average Bonchev–Trinajstić information content (AvgIpc) is 2.39. The van der Waals surface area contributed by atoms with Gasteiger partial charge in [0.15, 0.2) is 11.5 Å². The summed E-state index contributed by atoms with van der Waals surface area (Å²) in [5.41, 5.74) is 2.85. The molecule has 0 amide bonds. The van der Waals surface area contributed by atoms with E-state index in [0.29, 0.717) is 12.5 Å². The quantitative estimate of drug-likeness (QED) is 0.617. The highest BCUT2D eigenvalue weighted by atomic mass is 16.6. The largest absolute Gasteiger partial charge is 0.486 e. The van der Waals surface area contributed by atoms with Gasteiger partial charge in [0, 0.05) is 0 Å². The molecule has 17 heavy (non-hydrogen) atoms. The highest BCUT2D eigenvalue weighted by Crippen LogP contribution is 2.32. The van der Waals surface area contributed by atoms with Crippen LogP contribution < -0.4 is 20.7 Å². The molecule has 0 spiro atoms. The Labute approximate surface area is 102 Å². The van der Waals surface area contributed by atoms with Crippen molar-refractivity contribution in [1.82, 2.24) is 5.43 Å². The van der Waals surface area contributed by atoms with Gasteiger partial charge in [-0.1, -0.05) is 32.4 Å². The minimum Gasteiger partial charge on any atom is -0.486 e. The molecule has 1 aromatic carbocycles. The van der Waals surface area contributed by atoms with Gasteiger partial charge < -0.3 is 9.47 Å². The highest BCUT2D eigenvalue weighted by Gasteiger charge is 2.31. The maximum atomic E-state index is 5.94. The lowest BCUT2D eigenvalue weighted by molar-refractivity contribution is 0.0455. The molecular formula is C13H20N2O2. The third-order valence-electron chi connectivity index (χ3n) is 3.38. The van der Waals surface area contributed by atoms with E-state index in [1.54, 1.807) is 0 Å². The molecular weight excluding hydrogens is 216 g/mol. The van der Waals surface area contributed by atoms with E-state index in [1.807, 2.05) is 24.3 Å². The summed E-state index contributed by atoms with van der Waals surface area (Å²) in [6, 6.07) is 7.83. The van der Waals surface area contributed by atoms with Gasteiger partial charge in [0.25, 0.3) is 0 Å². The second-order valence-corrected chi connectivity index (χ2v) is 4.49. The van der Waals surface area contributed by atoms with Crippen LogP contribution in [0.25, 0.3) is 0 Å². The SMILES string of the molecule is CCC(C)C(NN)C1COc2ccccc2O1. The van der Waals surface area contributed by atoms with Crippen LogP contribution in [0.15, 0.2) is 24.3 Å². The molecule has 4 nitrogen and oxygen atoms in total. The fourth-order valence-electron chi connectivity index (χ4n) is 2.10. The van der Waals surface area contributed by atoms with Gasteiger partial charge in [-0.2, -0.15) is 0 Å². The van der Waals surface area contributed by atoms with E-state index in [9.17, 15) is 0 Å². The molecule has 0 radical (unpaired) electrons. The van der Waals surface area contributed by atoms with Gasteiger partial charge in [-0.05, 0) is 18.1 Å². The van der Waals surface area contributed by atoms with Crippen LogP contribution in [0.1, 0.15) is 20.3 Å². The number of hydrogen-bond acceptors (Lipinski definition) is 4. The third kappa shape index (κ3) is 2.53. The second kappa shape index (κ2) is 5.38. The smallest absolute Gasteiger partial charge is 0.161 e. The van der Waals surface area contributed by atoms with Gasteiger partial charge in [-0.25, -0.2) is 0 Å². The lowest BCUT2D eigenvalue weighted by atomic mass is 9.95. The van der Waals surface area contributed by atoms with Crippen LogP contribution in [0.2, 0.25) is 0 Å². The molecule has 0 saturated heterocycles. The fraction of sp³-hybridized carbons (Fsp3) is 0.538. The average molecular weight is 236 g/mol. The summed E-state index contributed by atoms with van der Waals surface area (Å²) >= 11 is 0. The monoisotopic (exact) mass is 236 g/mol. The first-order valence-corrected chi connectivity index (χ1v) is 6.10. The second-order valence-electron chi connectivity index (χ2n) is 4.49. The number of nitrogens with two attached hydrogens (primary N) is 1. The molecule has 1 aliphatic rings. The van der Waals surface area contributed by atoms with E-state index >= 15 is 0 Å². The number of benzene rings is 1. The normalized spacial score (nSPS) is 21.9. The maximum absolute atomic E-state index is 5.94. The number of para-hydroxylation sites is 2. The number of rotatable bonds is 4. The predicted octanol–water partition coefficient (Wildman–Crippen LogP) is 1.70. The van der Waals surface area contributed by atoms with E-state index < -0.39 is 0 Å². The summed E-state index contributed by atoms with van der Waals surface area (Å²) in [4.78, 5) is 0. The third-order valence-corrected chi connectivity index (χ3v) is 3.38. The minimum absolute atomic E-state index is 0.0372. The fourth-order valence-corrected chi connectivity index (χ4v) is 2.10. The molecule has 3 atom stereocenters. The van der Waals surface area contributed by atoms with Crippen molar-refractivity contribution >= 4 is 0 Å². The molecule has 0 saturated carbocycles. The zero-order valence-corrected chi connectivity index (χ0v) is 10.3. The van der Waals surface area contributed by atoms with E-state index in [2.05, 4.69) is 19.3 Å². The first-order valence-electron chi connectivity index (χ1n) is 6.10. The van der Waals surface area contributed by atoms with Crippen LogP contribution in [-0.4, -0.2) is 18.8 Å². The van der Waals surface area contributed by atoms with Crippen molar-refractivity contribution < 1.29 is 9.47 Å². The van der Waals surface area contributed by atoms with Crippen molar-refractivity contribution in [3.8, 4) is 11.5 Å². The van der Waals surface area contributed by atoms with Crippen LogP contribution in [0, 0.1) is 5.92 Å². The Hall–Kier alpha value is -1.26.